The van der Waals surface area contributed by atoms with E-state index in [-0.39, 0.29) is 11.5 Å². The fourth-order valence-corrected chi connectivity index (χ4v) is 4.50. The quantitative estimate of drug-likeness (QED) is 0.171. The van der Waals surface area contributed by atoms with E-state index in [0.29, 0.717) is 22.8 Å². The van der Waals surface area contributed by atoms with Crippen molar-refractivity contribution in [2.24, 2.45) is 10.2 Å². The lowest BCUT2D eigenvalue weighted by Gasteiger charge is -2.22. The molecular weight excluding hydrogens is 516 g/mol. The highest BCUT2D eigenvalue weighted by molar-refractivity contribution is 7.98. The maximum absolute atomic E-state index is 11.0. The van der Waals surface area contributed by atoms with Crippen LogP contribution in [0.15, 0.2) is 75.8 Å². The van der Waals surface area contributed by atoms with Crippen molar-refractivity contribution in [2.45, 2.75) is 24.7 Å². The van der Waals surface area contributed by atoms with Crippen LogP contribution < -0.4 is 0 Å². The van der Waals surface area contributed by atoms with Gasteiger partial charge in [0.25, 0.3) is 0 Å². The van der Waals surface area contributed by atoms with E-state index >= 15 is 0 Å². The Balaban J connectivity index is 1.62. The van der Waals surface area contributed by atoms with Crippen LogP contribution in [0.3, 0.4) is 0 Å². The van der Waals surface area contributed by atoms with Crippen LogP contribution in [-0.2, 0) is 0 Å². The van der Waals surface area contributed by atoms with E-state index in [0.717, 1.165) is 21.6 Å². The van der Waals surface area contributed by atoms with Crippen molar-refractivity contribution >= 4 is 24.2 Å². The van der Waals surface area contributed by atoms with Crippen molar-refractivity contribution < 1.29 is 10.2 Å². The van der Waals surface area contributed by atoms with Crippen LogP contribution in [0.1, 0.15) is 45.4 Å². The number of thioether (sulfide) groups is 1. The number of benzene rings is 3. The van der Waals surface area contributed by atoms with Gasteiger partial charge < -0.3 is 10.2 Å². The van der Waals surface area contributed by atoms with E-state index < -0.39 is 5.92 Å². The zero-order chi connectivity index (χ0) is 27.4. The van der Waals surface area contributed by atoms with Crippen molar-refractivity contribution in [1.29, 1.82) is 0 Å². The number of phenolic OH excluding ortho intramolecular Hbond substituents is 2. The zero-order valence-corrected chi connectivity index (χ0v) is 22.1. The lowest BCUT2D eigenvalue weighted by molar-refractivity contribution is 0.458. The van der Waals surface area contributed by atoms with Crippen molar-refractivity contribution in [2.75, 3.05) is 6.26 Å². The molecule has 3 aromatic carbocycles. The summed E-state index contributed by atoms with van der Waals surface area (Å²) in [7, 11) is 0. The molecular formula is C26H24N10O2S. The molecule has 0 spiro atoms. The molecule has 196 valence electrons. The van der Waals surface area contributed by atoms with Gasteiger partial charge >= 0.3 is 0 Å². The number of aryl methyl sites for hydroxylation is 2. The lowest BCUT2D eigenvalue weighted by Crippen LogP contribution is -2.06. The van der Waals surface area contributed by atoms with E-state index in [2.05, 4.69) is 41.3 Å². The van der Waals surface area contributed by atoms with E-state index in [1.165, 1.54) is 9.58 Å². The van der Waals surface area contributed by atoms with Gasteiger partial charge in [-0.15, -0.1) is 31.5 Å². The van der Waals surface area contributed by atoms with Crippen molar-refractivity contribution in [3.8, 4) is 11.5 Å². The summed E-state index contributed by atoms with van der Waals surface area (Å²) in [5.41, 5.74) is 3.51. The van der Waals surface area contributed by atoms with E-state index in [1.807, 2.05) is 42.7 Å². The molecule has 0 fully saturated rings. The van der Waals surface area contributed by atoms with Crippen LogP contribution in [0.5, 0.6) is 11.5 Å². The molecule has 0 amide bonds. The first kappa shape index (κ1) is 25.7. The first-order valence-corrected chi connectivity index (χ1v) is 13.0. The minimum atomic E-state index is -0.511. The number of rotatable bonds is 8. The van der Waals surface area contributed by atoms with Crippen LogP contribution in [0.2, 0.25) is 0 Å². The first-order chi connectivity index (χ1) is 18.9. The summed E-state index contributed by atoms with van der Waals surface area (Å²) >= 11 is 1.61. The normalized spacial score (nSPS) is 11.8. The molecule has 0 saturated heterocycles. The SMILES string of the molecule is CSc1cccc(C(c2cc(/C=N/n3nnnc3C)ccc2O)c2cc(/C=N/n3nnnc3C)ccc2O)c1. The second-order valence-electron chi connectivity index (χ2n) is 8.57. The molecule has 5 aromatic rings. The topological polar surface area (TPSA) is 152 Å². The molecule has 0 bridgehead atoms. The number of aromatic nitrogens is 8. The summed E-state index contributed by atoms with van der Waals surface area (Å²) < 4.78 is 0. The predicted molar refractivity (Wildman–Crippen MR) is 146 cm³/mol. The zero-order valence-electron chi connectivity index (χ0n) is 21.3. The first-order valence-electron chi connectivity index (χ1n) is 11.8. The van der Waals surface area contributed by atoms with Crippen LogP contribution in [0.4, 0.5) is 0 Å². The molecule has 0 aliphatic heterocycles. The average molecular weight is 541 g/mol. The second kappa shape index (κ2) is 11.2. The molecule has 0 aliphatic carbocycles. The Labute approximate surface area is 227 Å². The summed E-state index contributed by atoms with van der Waals surface area (Å²) in [5, 5.41) is 53.2. The molecule has 2 N–H and O–H groups in total. The standard InChI is InChI=1S/C26H24N10O2S/c1-16-29-31-33-35(16)27-14-18-7-9-24(37)22(11-18)26(20-5-4-6-21(13-20)39-3)23-12-19(8-10-25(23)38)15-28-36-17(2)30-32-34-36/h4-15,26,37-38H,1-3H3/b27-14+,28-15+. The lowest BCUT2D eigenvalue weighted by atomic mass is 9.83. The molecule has 0 radical (unpaired) electrons. The summed E-state index contributed by atoms with van der Waals surface area (Å²) in [6.45, 7) is 3.49. The smallest absolute Gasteiger partial charge is 0.173 e. The largest absolute Gasteiger partial charge is 0.508 e. The van der Waals surface area contributed by atoms with Crippen LogP contribution in [-0.4, -0.2) is 69.5 Å². The van der Waals surface area contributed by atoms with Gasteiger partial charge in [-0.25, -0.2) is 0 Å². The van der Waals surface area contributed by atoms with Gasteiger partial charge in [0.05, 0.1) is 12.4 Å². The highest BCUT2D eigenvalue weighted by Gasteiger charge is 2.24. The molecule has 5 rings (SSSR count). The molecule has 0 atom stereocenters. The summed E-state index contributed by atoms with van der Waals surface area (Å²) in [6, 6.07) is 18.4. The van der Waals surface area contributed by atoms with Gasteiger partial charge in [0.2, 0.25) is 0 Å². The number of hydrogen-bond donors (Lipinski definition) is 2. The molecule has 0 aliphatic rings. The Morgan fingerprint density at radius 1 is 0.769 bits per heavy atom. The van der Waals surface area contributed by atoms with Gasteiger partial charge in [-0.2, -0.15) is 10.2 Å². The number of nitrogens with zero attached hydrogens (tertiary/aromatic N) is 10. The highest BCUT2D eigenvalue weighted by Crippen LogP contribution is 2.41. The predicted octanol–water partition coefficient (Wildman–Crippen LogP) is 3.35. The molecule has 2 aromatic heterocycles. The molecule has 0 unspecified atom stereocenters. The number of aromatic hydroxyl groups is 2. The number of hydrogen-bond acceptors (Lipinski definition) is 11. The van der Waals surface area contributed by atoms with Crippen LogP contribution in [0.25, 0.3) is 0 Å². The van der Waals surface area contributed by atoms with E-state index in [9.17, 15) is 10.2 Å². The second-order valence-corrected chi connectivity index (χ2v) is 9.45. The average Bonchev–Trinajstić information content (AvgIpc) is 3.56. The molecule has 2 heterocycles. The van der Waals surface area contributed by atoms with Gasteiger partial charge in [0.15, 0.2) is 11.6 Å². The Morgan fingerprint density at radius 2 is 1.31 bits per heavy atom. The molecule has 13 heteroatoms. The van der Waals surface area contributed by atoms with Crippen molar-refractivity contribution in [1.82, 2.24) is 40.6 Å². The highest BCUT2D eigenvalue weighted by atomic mass is 32.2. The third kappa shape index (κ3) is 5.67. The van der Waals surface area contributed by atoms with Gasteiger partial charge in [0, 0.05) is 21.9 Å². The van der Waals surface area contributed by atoms with Gasteiger partial charge in [-0.05, 0) is 106 Å². The molecule has 0 saturated carbocycles. The Bertz CT molecular complexity index is 1580. The Hall–Kier alpha value is -4.91. The van der Waals surface area contributed by atoms with E-state index in [1.54, 1.807) is 62.3 Å². The third-order valence-corrected chi connectivity index (χ3v) is 6.72. The minimum Gasteiger partial charge on any atom is -0.508 e. The van der Waals surface area contributed by atoms with Crippen LogP contribution in [0, 0.1) is 13.8 Å². The summed E-state index contributed by atoms with van der Waals surface area (Å²) in [6.07, 6.45) is 5.22. The minimum absolute atomic E-state index is 0.0769. The number of tetrazole rings is 2. The maximum Gasteiger partial charge on any atom is 0.173 e. The molecule has 12 nitrogen and oxygen atoms in total. The van der Waals surface area contributed by atoms with Gasteiger partial charge in [-0.1, -0.05) is 12.1 Å². The third-order valence-electron chi connectivity index (χ3n) is 5.99. The maximum atomic E-state index is 11.0. The Morgan fingerprint density at radius 3 is 1.77 bits per heavy atom. The fourth-order valence-electron chi connectivity index (χ4n) is 4.03. The Kier molecular flexibility index (Phi) is 7.41. The van der Waals surface area contributed by atoms with Crippen LogP contribution >= 0.6 is 11.8 Å². The fraction of sp³-hybridized carbons (Fsp3) is 0.154. The van der Waals surface area contributed by atoms with E-state index in [4.69, 9.17) is 0 Å². The summed E-state index contributed by atoms with van der Waals surface area (Å²) in [4.78, 5) is 3.68. The van der Waals surface area contributed by atoms with Gasteiger partial charge in [0.1, 0.15) is 11.5 Å². The monoisotopic (exact) mass is 540 g/mol. The molecule has 39 heavy (non-hydrogen) atoms. The van der Waals surface area contributed by atoms with Gasteiger partial charge in [-0.3, -0.25) is 0 Å². The van der Waals surface area contributed by atoms with Crippen molar-refractivity contribution in [3.05, 3.63) is 100 Å². The van der Waals surface area contributed by atoms with Crippen molar-refractivity contribution in [3.63, 3.8) is 0 Å². The summed E-state index contributed by atoms with van der Waals surface area (Å²) in [5.74, 6) is 0.721. The number of phenols is 2.